The van der Waals surface area contributed by atoms with Crippen LogP contribution in [0, 0.1) is 5.92 Å². The summed E-state index contributed by atoms with van der Waals surface area (Å²) in [5.74, 6) is 2.28. The van der Waals surface area contributed by atoms with Gasteiger partial charge in [0.2, 0.25) is 5.95 Å². The number of rotatable bonds is 6. The highest BCUT2D eigenvalue weighted by atomic mass is 15.5. The van der Waals surface area contributed by atoms with Crippen LogP contribution in [0.1, 0.15) is 24.8 Å². The first-order chi connectivity index (χ1) is 13.2. The van der Waals surface area contributed by atoms with Crippen LogP contribution in [-0.2, 0) is 13.6 Å². The Morgan fingerprint density at radius 3 is 3.00 bits per heavy atom. The van der Waals surface area contributed by atoms with Crippen LogP contribution in [0.3, 0.4) is 0 Å². The monoisotopic (exact) mass is 364 g/mol. The number of benzene rings is 1. The van der Waals surface area contributed by atoms with E-state index in [9.17, 15) is 0 Å². The molecule has 0 radical (unpaired) electrons. The summed E-state index contributed by atoms with van der Waals surface area (Å²) >= 11 is 0. The number of nitrogens with zero attached hydrogens (tertiary/aromatic N) is 4. The van der Waals surface area contributed by atoms with Crippen LogP contribution < -0.4 is 21.5 Å². The first kappa shape index (κ1) is 16.5. The molecule has 1 saturated carbocycles. The maximum Gasteiger partial charge on any atom is 0.224 e. The van der Waals surface area contributed by atoms with E-state index in [0.717, 1.165) is 34.8 Å². The predicted octanol–water partition coefficient (Wildman–Crippen LogP) is 1.99. The van der Waals surface area contributed by atoms with Crippen molar-refractivity contribution in [3.63, 3.8) is 0 Å². The summed E-state index contributed by atoms with van der Waals surface area (Å²) in [5, 5.41) is 6.74. The minimum Gasteiger partial charge on any atom is -0.353 e. The average molecular weight is 364 g/mol. The van der Waals surface area contributed by atoms with Gasteiger partial charge < -0.3 is 15.2 Å². The number of fused-ring (bicyclic) bond motifs is 1. The van der Waals surface area contributed by atoms with Gasteiger partial charge in [0.25, 0.3) is 0 Å². The molecule has 1 aliphatic carbocycles. The molecule has 1 aromatic carbocycles. The van der Waals surface area contributed by atoms with Crippen molar-refractivity contribution in [1.82, 2.24) is 30.4 Å². The first-order valence-corrected chi connectivity index (χ1v) is 9.49. The second-order valence-corrected chi connectivity index (χ2v) is 7.46. The van der Waals surface area contributed by atoms with Gasteiger partial charge in [0, 0.05) is 25.8 Å². The van der Waals surface area contributed by atoms with Gasteiger partial charge in [-0.3, -0.25) is 5.43 Å². The standard InChI is InChI=1S/C19H24N8/c1-27-11-22-15-8-12(2-5-16(15)27)10-21-19-20-7-6-17(24-19)23-18-9-14(25-26-18)13-3-4-13/h2,5-8,11,13-14,18,25-26H,3-4,9-10H2,1H3,(H2,20,21,23,24). The van der Waals surface area contributed by atoms with Gasteiger partial charge in [0.05, 0.1) is 23.5 Å². The van der Waals surface area contributed by atoms with Crippen LogP contribution in [0.15, 0.2) is 36.8 Å². The topological polar surface area (TPSA) is 91.7 Å². The molecule has 140 valence electrons. The molecule has 2 atom stereocenters. The predicted molar refractivity (Wildman–Crippen MR) is 105 cm³/mol. The molecule has 2 aliphatic rings. The number of anilines is 2. The van der Waals surface area contributed by atoms with Crippen molar-refractivity contribution in [3.05, 3.63) is 42.4 Å². The number of hydrazine groups is 1. The van der Waals surface area contributed by atoms with Gasteiger partial charge in [-0.2, -0.15) is 4.98 Å². The molecule has 8 nitrogen and oxygen atoms in total. The zero-order chi connectivity index (χ0) is 18.2. The second-order valence-electron chi connectivity index (χ2n) is 7.46. The Balaban J connectivity index is 1.21. The molecule has 2 unspecified atom stereocenters. The summed E-state index contributed by atoms with van der Waals surface area (Å²) in [7, 11) is 2.00. The normalized spacial score (nSPS) is 22.3. The van der Waals surface area contributed by atoms with E-state index in [1.807, 2.05) is 24.0 Å². The Bertz CT molecular complexity index is 948. The summed E-state index contributed by atoms with van der Waals surface area (Å²) in [4.78, 5) is 13.3. The molecule has 0 spiro atoms. The molecule has 4 N–H and O–H groups in total. The van der Waals surface area contributed by atoms with Crippen molar-refractivity contribution in [2.24, 2.45) is 13.0 Å². The third-order valence-electron chi connectivity index (χ3n) is 5.34. The fourth-order valence-corrected chi connectivity index (χ4v) is 3.66. The van der Waals surface area contributed by atoms with E-state index in [-0.39, 0.29) is 6.17 Å². The molecule has 3 heterocycles. The van der Waals surface area contributed by atoms with Crippen LogP contribution in [-0.4, -0.2) is 31.7 Å². The van der Waals surface area contributed by atoms with E-state index >= 15 is 0 Å². The average Bonchev–Trinajstić information content (AvgIpc) is 3.33. The summed E-state index contributed by atoms with van der Waals surface area (Å²) in [5.41, 5.74) is 9.99. The largest absolute Gasteiger partial charge is 0.353 e. The van der Waals surface area contributed by atoms with Gasteiger partial charge in [-0.25, -0.2) is 15.4 Å². The Kier molecular flexibility index (Phi) is 4.14. The lowest BCUT2D eigenvalue weighted by Crippen LogP contribution is -2.37. The maximum absolute atomic E-state index is 4.58. The Morgan fingerprint density at radius 1 is 1.19 bits per heavy atom. The van der Waals surface area contributed by atoms with E-state index in [4.69, 9.17) is 0 Å². The van der Waals surface area contributed by atoms with Gasteiger partial charge in [-0.1, -0.05) is 6.07 Å². The lowest BCUT2D eigenvalue weighted by Gasteiger charge is -2.13. The van der Waals surface area contributed by atoms with Gasteiger partial charge in [0.1, 0.15) is 5.82 Å². The van der Waals surface area contributed by atoms with E-state index in [2.05, 4.69) is 54.6 Å². The number of hydrogen-bond acceptors (Lipinski definition) is 7. The molecular weight excluding hydrogens is 340 g/mol. The minimum absolute atomic E-state index is 0.199. The molecule has 2 fully saturated rings. The fourth-order valence-electron chi connectivity index (χ4n) is 3.66. The highest BCUT2D eigenvalue weighted by Crippen LogP contribution is 2.35. The molecule has 2 aromatic heterocycles. The molecule has 3 aromatic rings. The number of hydrogen-bond donors (Lipinski definition) is 4. The van der Waals surface area contributed by atoms with Gasteiger partial charge in [-0.15, -0.1) is 0 Å². The van der Waals surface area contributed by atoms with Gasteiger partial charge in [-0.05, 0) is 48.9 Å². The SMILES string of the molecule is Cn1cnc2cc(CNc3nccc(NC4CC(C5CC5)NN4)n3)ccc21. The lowest BCUT2D eigenvalue weighted by molar-refractivity contribution is 0.502. The van der Waals surface area contributed by atoms with Crippen molar-refractivity contribution < 1.29 is 0 Å². The van der Waals surface area contributed by atoms with E-state index in [0.29, 0.717) is 18.5 Å². The highest BCUT2D eigenvalue weighted by molar-refractivity contribution is 5.76. The van der Waals surface area contributed by atoms with Crippen LogP contribution in [0.5, 0.6) is 0 Å². The zero-order valence-electron chi connectivity index (χ0n) is 15.3. The molecule has 8 heteroatoms. The number of aryl methyl sites for hydroxylation is 1. The summed E-state index contributed by atoms with van der Waals surface area (Å²) in [6.07, 6.45) is 7.57. The Morgan fingerprint density at radius 2 is 2.11 bits per heavy atom. The second kappa shape index (κ2) is 6.79. The van der Waals surface area contributed by atoms with Crippen LogP contribution >= 0.6 is 0 Å². The summed E-state index contributed by atoms with van der Waals surface area (Å²) < 4.78 is 2.02. The summed E-state index contributed by atoms with van der Waals surface area (Å²) in [6.45, 7) is 0.656. The van der Waals surface area contributed by atoms with E-state index in [1.54, 1.807) is 6.20 Å². The number of imidazole rings is 1. The van der Waals surface area contributed by atoms with E-state index < -0.39 is 0 Å². The van der Waals surface area contributed by atoms with Gasteiger partial charge >= 0.3 is 0 Å². The van der Waals surface area contributed by atoms with Crippen molar-refractivity contribution in [1.29, 1.82) is 0 Å². The van der Waals surface area contributed by atoms with E-state index in [1.165, 1.54) is 12.8 Å². The molecular formula is C19H24N8. The highest BCUT2D eigenvalue weighted by Gasteiger charge is 2.36. The van der Waals surface area contributed by atoms with Crippen LogP contribution in [0.2, 0.25) is 0 Å². The molecule has 0 amide bonds. The Labute approximate surface area is 157 Å². The number of nitrogens with one attached hydrogen (secondary N) is 4. The maximum atomic E-state index is 4.58. The number of aromatic nitrogens is 4. The minimum atomic E-state index is 0.199. The third-order valence-corrected chi connectivity index (χ3v) is 5.34. The Hall–Kier alpha value is -2.71. The fraction of sp³-hybridized carbons (Fsp3) is 0.421. The lowest BCUT2D eigenvalue weighted by atomic mass is 10.1. The molecule has 5 rings (SSSR count). The molecule has 1 aliphatic heterocycles. The van der Waals surface area contributed by atoms with Crippen molar-refractivity contribution in [2.45, 2.75) is 38.0 Å². The zero-order valence-corrected chi connectivity index (χ0v) is 15.3. The van der Waals surface area contributed by atoms with Crippen molar-refractivity contribution in [3.8, 4) is 0 Å². The smallest absolute Gasteiger partial charge is 0.224 e. The van der Waals surface area contributed by atoms with Crippen molar-refractivity contribution >= 4 is 22.8 Å². The molecule has 0 bridgehead atoms. The van der Waals surface area contributed by atoms with Crippen LogP contribution in [0.4, 0.5) is 11.8 Å². The summed E-state index contributed by atoms with van der Waals surface area (Å²) in [6, 6.07) is 8.76. The van der Waals surface area contributed by atoms with Crippen molar-refractivity contribution in [2.75, 3.05) is 10.6 Å². The van der Waals surface area contributed by atoms with Crippen LogP contribution in [0.25, 0.3) is 11.0 Å². The molecule has 1 saturated heterocycles. The quantitative estimate of drug-likeness (QED) is 0.532. The third kappa shape index (κ3) is 3.58. The molecule has 27 heavy (non-hydrogen) atoms. The van der Waals surface area contributed by atoms with Gasteiger partial charge in [0.15, 0.2) is 0 Å². The first-order valence-electron chi connectivity index (χ1n) is 9.49.